The van der Waals surface area contributed by atoms with Crippen LogP contribution in [0.3, 0.4) is 0 Å². The molecule has 0 saturated carbocycles. The van der Waals surface area contributed by atoms with Crippen molar-refractivity contribution in [3.63, 3.8) is 0 Å². The van der Waals surface area contributed by atoms with Crippen molar-refractivity contribution in [1.82, 2.24) is 16.0 Å². The van der Waals surface area contributed by atoms with Crippen LogP contribution in [0.4, 0.5) is 0 Å². The van der Waals surface area contributed by atoms with Gasteiger partial charge in [-0.3, -0.25) is 14.4 Å². The molecule has 0 fully saturated rings. The van der Waals surface area contributed by atoms with Crippen LogP contribution < -0.4 is 21.7 Å². The van der Waals surface area contributed by atoms with E-state index in [4.69, 9.17) is 10.8 Å². The van der Waals surface area contributed by atoms with Gasteiger partial charge in [-0.25, -0.2) is 4.79 Å². The summed E-state index contributed by atoms with van der Waals surface area (Å²) in [5.41, 5.74) is 5.54. The molecule has 5 atom stereocenters. The average molecular weight is 409 g/mol. The standard InChI is InChI=1S/C15H28N4O5S2/c1-4-7(2)11(14(22)18-10(6-26)15(23)24)19-12(20)8(3)17-13(21)9(16)5-25/h7-11,25-26H,4-6,16H2,1-3H3,(H,17,21)(H,18,22)(H,19,20)(H,23,24). The largest absolute Gasteiger partial charge is 0.480 e. The number of carbonyl (C=O) groups excluding carboxylic acids is 3. The predicted molar refractivity (Wildman–Crippen MR) is 104 cm³/mol. The van der Waals surface area contributed by atoms with Gasteiger partial charge in [-0.1, -0.05) is 20.3 Å². The first-order chi connectivity index (χ1) is 12.1. The molecule has 0 rings (SSSR count). The molecule has 0 aliphatic carbocycles. The summed E-state index contributed by atoms with van der Waals surface area (Å²) < 4.78 is 0. The summed E-state index contributed by atoms with van der Waals surface area (Å²) in [5, 5.41) is 16.4. The predicted octanol–water partition coefficient (Wildman–Crippen LogP) is -1.22. The van der Waals surface area contributed by atoms with Gasteiger partial charge in [0.05, 0.1) is 6.04 Å². The zero-order valence-electron chi connectivity index (χ0n) is 15.1. The molecule has 6 N–H and O–H groups in total. The molecule has 11 heteroatoms. The number of hydrogen-bond donors (Lipinski definition) is 7. The maximum atomic E-state index is 12.4. The lowest BCUT2D eigenvalue weighted by Crippen LogP contribution is -2.58. The number of carbonyl (C=O) groups is 4. The number of hydrogen-bond acceptors (Lipinski definition) is 7. The van der Waals surface area contributed by atoms with Crippen LogP contribution in [0.5, 0.6) is 0 Å². The van der Waals surface area contributed by atoms with Crippen LogP contribution in [0.2, 0.25) is 0 Å². The van der Waals surface area contributed by atoms with E-state index in [1.54, 1.807) is 6.92 Å². The fourth-order valence-corrected chi connectivity index (χ4v) is 2.31. The molecule has 0 aliphatic rings. The van der Waals surface area contributed by atoms with Gasteiger partial charge in [0.15, 0.2) is 0 Å². The van der Waals surface area contributed by atoms with Crippen LogP contribution in [0, 0.1) is 5.92 Å². The van der Waals surface area contributed by atoms with E-state index in [2.05, 4.69) is 41.2 Å². The number of rotatable bonds is 11. The first kappa shape index (κ1) is 24.5. The van der Waals surface area contributed by atoms with Gasteiger partial charge in [-0.2, -0.15) is 25.3 Å². The van der Waals surface area contributed by atoms with E-state index in [0.717, 1.165) is 0 Å². The molecule has 26 heavy (non-hydrogen) atoms. The number of nitrogens with two attached hydrogens (primary N) is 1. The molecule has 5 unspecified atom stereocenters. The highest BCUT2D eigenvalue weighted by Gasteiger charge is 2.31. The lowest BCUT2D eigenvalue weighted by atomic mass is 9.97. The van der Waals surface area contributed by atoms with Crippen LogP contribution in [-0.2, 0) is 19.2 Å². The van der Waals surface area contributed by atoms with Crippen LogP contribution in [-0.4, -0.2) is 64.5 Å². The number of aliphatic carboxylic acids is 1. The molecule has 9 nitrogen and oxygen atoms in total. The van der Waals surface area contributed by atoms with Gasteiger partial charge in [-0.05, 0) is 12.8 Å². The lowest BCUT2D eigenvalue weighted by molar-refractivity contribution is -0.142. The minimum atomic E-state index is -1.22. The Bertz CT molecular complexity index is 520. The fraction of sp³-hybridized carbons (Fsp3) is 0.733. The van der Waals surface area contributed by atoms with Crippen molar-refractivity contribution in [1.29, 1.82) is 0 Å². The van der Waals surface area contributed by atoms with E-state index >= 15 is 0 Å². The second kappa shape index (κ2) is 12.0. The fourth-order valence-electron chi connectivity index (χ4n) is 1.90. The minimum Gasteiger partial charge on any atom is -0.480 e. The van der Waals surface area contributed by atoms with Gasteiger partial charge in [-0.15, -0.1) is 0 Å². The summed E-state index contributed by atoms with van der Waals surface area (Å²) in [6.45, 7) is 5.04. The number of carboxylic acid groups (broad SMARTS) is 1. The van der Waals surface area contributed by atoms with E-state index in [1.807, 2.05) is 6.92 Å². The first-order valence-electron chi connectivity index (χ1n) is 8.20. The summed E-state index contributed by atoms with van der Waals surface area (Å²) in [6.07, 6.45) is 0.572. The highest BCUT2D eigenvalue weighted by Crippen LogP contribution is 2.09. The molecule has 0 bridgehead atoms. The second-order valence-electron chi connectivity index (χ2n) is 5.97. The Morgan fingerprint density at radius 2 is 1.54 bits per heavy atom. The number of amides is 3. The third-order valence-corrected chi connectivity index (χ3v) is 4.63. The van der Waals surface area contributed by atoms with E-state index in [9.17, 15) is 19.2 Å². The zero-order valence-corrected chi connectivity index (χ0v) is 16.8. The van der Waals surface area contributed by atoms with Crippen molar-refractivity contribution in [2.24, 2.45) is 11.7 Å². The molecule has 3 amide bonds. The van der Waals surface area contributed by atoms with Crippen LogP contribution in [0.1, 0.15) is 27.2 Å². The number of nitrogens with one attached hydrogen (secondary N) is 3. The second-order valence-corrected chi connectivity index (χ2v) is 6.70. The van der Waals surface area contributed by atoms with E-state index in [-0.39, 0.29) is 17.4 Å². The van der Waals surface area contributed by atoms with Crippen molar-refractivity contribution in [2.75, 3.05) is 11.5 Å². The van der Waals surface area contributed by atoms with E-state index in [0.29, 0.717) is 6.42 Å². The van der Waals surface area contributed by atoms with Gasteiger partial charge >= 0.3 is 5.97 Å². The van der Waals surface area contributed by atoms with Gasteiger partial charge in [0, 0.05) is 11.5 Å². The number of thiol groups is 2. The Labute approximate surface area is 164 Å². The molecular formula is C15H28N4O5S2. The average Bonchev–Trinajstić information content (AvgIpc) is 2.61. The topological polar surface area (TPSA) is 151 Å². The Balaban J connectivity index is 5.04. The van der Waals surface area contributed by atoms with Crippen LogP contribution in [0.15, 0.2) is 0 Å². The minimum absolute atomic E-state index is 0.0870. The first-order valence-corrected chi connectivity index (χ1v) is 9.46. The summed E-state index contributed by atoms with van der Waals surface area (Å²) in [7, 11) is 0. The third-order valence-electron chi connectivity index (χ3n) is 3.88. The molecule has 0 aliphatic heterocycles. The molecule has 0 aromatic heterocycles. The van der Waals surface area contributed by atoms with Gasteiger partial charge in [0.25, 0.3) is 0 Å². The van der Waals surface area contributed by atoms with Crippen molar-refractivity contribution in [2.45, 2.75) is 51.4 Å². The monoisotopic (exact) mass is 408 g/mol. The quantitative estimate of drug-likeness (QED) is 0.213. The molecule has 0 aromatic carbocycles. The van der Waals surface area contributed by atoms with Crippen molar-refractivity contribution in [3.05, 3.63) is 0 Å². The molecule has 0 heterocycles. The Morgan fingerprint density at radius 1 is 0.962 bits per heavy atom. The van der Waals surface area contributed by atoms with Gasteiger partial charge in [0.2, 0.25) is 17.7 Å². The molecule has 0 aromatic rings. The molecule has 0 saturated heterocycles. The highest BCUT2D eigenvalue weighted by molar-refractivity contribution is 7.80. The summed E-state index contributed by atoms with van der Waals surface area (Å²) in [4.78, 5) is 47.5. The summed E-state index contributed by atoms with van der Waals surface area (Å²) in [5.74, 6) is -3.18. The SMILES string of the molecule is CCC(C)C(NC(=O)C(C)NC(=O)C(N)CS)C(=O)NC(CS)C(=O)O. The van der Waals surface area contributed by atoms with Crippen LogP contribution >= 0.6 is 25.3 Å². The normalized spacial score (nSPS) is 16.5. The third kappa shape index (κ3) is 7.83. The van der Waals surface area contributed by atoms with Crippen molar-refractivity contribution >= 4 is 48.9 Å². The number of carboxylic acids is 1. The lowest BCUT2D eigenvalue weighted by Gasteiger charge is -2.26. The molecule has 0 spiro atoms. The van der Waals surface area contributed by atoms with E-state index < -0.39 is 47.9 Å². The van der Waals surface area contributed by atoms with Crippen LogP contribution in [0.25, 0.3) is 0 Å². The Kier molecular flexibility index (Phi) is 11.3. The summed E-state index contributed by atoms with van der Waals surface area (Å²) in [6, 6.07) is -3.89. The van der Waals surface area contributed by atoms with Gasteiger partial charge < -0.3 is 26.8 Å². The van der Waals surface area contributed by atoms with E-state index in [1.165, 1.54) is 6.92 Å². The van der Waals surface area contributed by atoms with Gasteiger partial charge in [0.1, 0.15) is 18.1 Å². The molecular weight excluding hydrogens is 380 g/mol. The molecule has 150 valence electrons. The Hall–Kier alpha value is -1.46. The highest BCUT2D eigenvalue weighted by atomic mass is 32.1. The maximum Gasteiger partial charge on any atom is 0.327 e. The maximum absolute atomic E-state index is 12.4. The molecule has 0 radical (unpaired) electrons. The Morgan fingerprint density at radius 3 is 1.96 bits per heavy atom. The van der Waals surface area contributed by atoms with Crippen molar-refractivity contribution < 1.29 is 24.3 Å². The van der Waals surface area contributed by atoms with Crippen molar-refractivity contribution in [3.8, 4) is 0 Å². The zero-order chi connectivity index (χ0) is 20.4. The summed E-state index contributed by atoms with van der Waals surface area (Å²) >= 11 is 7.81. The smallest absolute Gasteiger partial charge is 0.327 e.